The fraction of sp³-hybridized carbons (Fsp3) is 0.432. The maximum Gasteiger partial charge on any atom is 0.280 e. The zero-order valence-electron chi connectivity index (χ0n) is 34.3. The van der Waals surface area contributed by atoms with Crippen molar-refractivity contribution in [3.8, 4) is 17.1 Å². The number of aryl methyl sites for hydroxylation is 2. The fourth-order valence-corrected chi connectivity index (χ4v) is 8.67. The molecule has 0 radical (unpaired) electrons. The van der Waals surface area contributed by atoms with Crippen molar-refractivity contribution < 1.29 is 32.7 Å². The molecule has 14 nitrogen and oxygen atoms in total. The van der Waals surface area contributed by atoms with E-state index in [9.17, 15) is 19.2 Å². The van der Waals surface area contributed by atoms with Gasteiger partial charge >= 0.3 is 0 Å². The third kappa shape index (κ3) is 8.32. The van der Waals surface area contributed by atoms with Crippen LogP contribution in [-0.4, -0.2) is 89.1 Å². The number of carbonyl (C=O) groups is 4. The molecule has 2 fully saturated rings. The molecule has 60 heavy (non-hydrogen) atoms. The van der Waals surface area contributed by atoms with Crippen LogP contribution >= 0.6 is 0 Å². The number of guanidine groups is 1. The van der Waals surface area contributed by atoms with Crippen LogP contribution in [0.4, 0.5) is 25.8 Å². The topological polar surface area (TPSA) is 154 Å². The van der Waals surface area contributed by atoms with E-state index in [-0.39, 0.29) is 49.1 Å². The van der Waals surface area contributed by atoms with Crippen LogP contribution < -0.4 is 25.2 Å². The third-order valence-corrected chi connectivity index (χ3v) is 12.0. The van der Waals surface area contributed by atoms with Crippen molar-refractivity contribution >= 4 is 46.7 Å². The van der Waals surface area contributed by atoms with Crippen LogP contribution in [0.3, 0.4) is 0 Å². The lowest BCUT2D eigenvalue weighted by Gasteiger charge is -2.35. The van der Waals surface area contributed by atoms with Crippen molar-refractivity contribution in [2.45, 2.75) is 64.7 Å². The monoisotopic (exact) mass is 821 g/mol. The number of pyridine rings is 1. The van der Waals surface area contributed by atoms with Crippen LogP contribution in [0.5, 0.6) is 5.88 Å². The molecule has 2 saturated heterocycles. The average Bonchev–Trinajstić information content (AvgIpc) is 3.76. The number of piperidine rings is 2. The van der Waals surface area contributed by atoms with Crippen molar-refractivity contribution in [1.82, 2.24) is 25.0 Å². The molecule has 0 spiro atoms. The van der Waals surface area contributed by atoms with Gasteiger partial charge in [0.25, 0.3) is 5.91 Å². The highest BCUT2D eigenvalue weighted by atomic mass is 19.1. The van der Waals surface area contributed by atoms with Crippen LogP contribution in [0.2, 0.25) is 0 Å². The summed E-state index contributed by atoms with van der Waals surface area (Å²) in [7, 11) is 3.53. The van der Waals surface area contributed by atoms with Gasteiger partial charge in [-0.2, -0.15) is 10.1 Å². The number of likely N-dealkylation sites (N-methyl/N-ethyl adjacent to an activating group) is 1. The first-order chi connectivity index (χ1) is 28.8. The lowest BCUT2D eigenvalue weighted by molar-refractivity contribution is -0.135. The van der Waals surface area contributed by atoms with Crippen LogP contribution in [-0.2, 0) is 27.9 Å². The van der Waals surface area contributed by atoms with Gasteiger partial charge in [0.2, 0.25) is 29.6 Å². The number of halogens is 2. The van der Waals surface area contributed by atoms with Crippen LogP contribution in [0.1, 0.15) is 78.5 Å². The Hall–Kier alpha value is -6.19. The maximum absolute atomic E-state index is 15.1. The first-order valence-corrected chi connectivity index (χ1v) is 20.6. The number of hydrogen-bond acceptors (Lipinski definition) is 10. The normalized spacial score (nSPS) is 20.7. The summed E-state index contributed by atoms with van der Waals surface area (Å²) >= 11 is 0. The van der Waals surface area contributed by atoms with Gasteiger partial charge in [0.15, 0.2) is 0 Å². The second-order valence-electron chi connectivity index (χ2n) is 16.4. The van der Waals surface area contributed by atoms with E-state index >= 15 is 8.78 Å². The Kier molecular flexibility index (Phi) is 11.4. The van der Waals surface area contributed by atoms with Gasteiger partial charge in [-0.1, -0.05) is 6.92 Å². The van der Waals surface area contributed by atoms with Gasteiger partial charge < -0.3 is 24.8 Å². The molecular formula is C44H49F2N9O5. The first-order valence-electron chi connectivity index (χ1n) is 20.6. The number of carbonyl (C=O) groups excluding carboxylic acids is 4. The van der Waals surface area contributed by atoms with Crippen molar-refractivity contribution in [2.24, 2.45) is 23.9 Å². The van der Waals surface area contributed by atoms with Crippen LogP contribution in [0.25, 0.3) is 11.3 Å². The molecule has 2 bridgehead atoms. The van der Waals surface area contributed by atoms with Crippen LogP contribution in [0, 0.1) is 30.4 Å². The van der Waals surface area contributed by atoms with E-state index in [1.807, 2.05) is 26.1 Å². The number of anilines is 3. The number of nitrogens with zero attached hydrogens (tertiary/aromatic N) is 7. The molecule has 2 aromatic carbocycles. The zero-order valence-corrected chi connectivity index (χ0v) is 34.3. The van der Waals surface area contributed by atoms with Crippen LogP contribution in [0.15, 0.2) is 53.7 Å². The van der Waals surface area contributed by atoms with Gasteiger partial charge in [-0.15, -0.1) is 0 Å². The van der Waals surface area contributed by atoms with Gasteiger partial charge in [-0.25, -0.2) is 13.5 Å². The highest BCUT2D eigenvalue weighted by Crippen LogP contribution is 2.39. The lowest BCUT2D eigenvalue weighted by Crippen LogP contribution is -2.42. The number of rotatable bonds is 6. The Bertz CT molecular complexity index is 2370. The van der Waals surface area contributed by atoms with Gasteiger partial charge in [0.1, 0.15) is 11.6 Å². The summed E-state index contributed by atoms with van der Waals surface area (Å²) < 4.78 is 38.1. The molecule has 4 aromatic rings. The Balaban J connectivity index is 0.925. The van der Waals surface area contributed by atoms with Gasteiger partial charge in [-0.05, 0) is 99.4 Å². The number of nitrogens with one attached hydrogen (secondary N) is 2. The minimum absolute atomic E-state index is 0.0163. The number of imide groups is 1. The summed E-state index contributed by atoms with van der Waals surface area (Å²) in [5.41, 5.74) is 5.23. The molecule has 314 valence electrons. The second-order valence-corrected chi connectivity index (χ2v) is 16.4. The number of amides is 4. The largest absolute Gasteiger partial charge is 0.477 e. The molecule has 0 unspecified atom stereocenters. The number of benzene rings is 2. The summed E-state index contributed by atoms with van der Waals surface area (Å²) in [5.74, 6) is -3.18. The number of aliphatic imine (C=N–C) groups is 1. The van der Waals surface area contributed by atoms with Gasteiger partial charge in [0, 0.05) is 75.1 Å². The van der Waals surface area contributed by atoms with E-state index in [1.54, 1.807) is 35.0 Å². The van der Waals surface area contributed by atoms with Gasteiger partial charge in [0.05, 0.1) is 41.4 Å². The van der Waals surface area contributed by atoms with E-state index in [0.717, 1.165) is 35.5 Å². The van der Waals surface area contributed by atoms with E-state index in [0.29, 0.717) is 73.4 Å². The summed E-state index contributed by atoms with van der Waals surface area (Å²) in [6, 6.07) is 12.1. The molecule has 4 aliphatic rings. The van der Waals surface area contributed by atoms with Crippen molar-refractivity contribution in [1.29, 1.82) is 0 Å². The predicted molar refractivity (Wildman–Crippen MR) is 222 cm³/mol. The first kappa shape index (κ1) is 40.6. The van der Waals surface area contributed by atoms with Crippen molar-refractivity contribution in [3.05, 3.63) is 82.7 Å². The molecule has 2 atom stereocenters. The van der Waals surface area contributed by atoms with E-state index < -0.39 is 35.3 Å². The SMILES string of the molecule is Cc1cc2cc(n1)-c1cnn(C)c1OCCC[C@@H](C)CN1/C(=N/C2=O)Nc2ccc(N3CCC(C(=O)N(C)CCc4cc(F)c([C@H]5CCC(=O)NC5=O)c(F)c4)CC3)cc21. The van der Waals surface area contributed by atoms with E-state index in [1.165, 1.54) is 12.1 Å². The molecule has 16 heteroatoms. The second kappa shape index (κ2) is 16.8. The third-order valence-electron chi connectivity index (χ3n) is 12.0. The molecule has 0 saturated carbocycles. The Labute approximate surface area is 347 Å². The standard InChI is InChI=1S/C44H49F2N9O5/c1-25-6-5-17-60-43-32(23-47-53(43)4)36-21-29(18-26(2)48-36)40(57)51-44-49-35-9-7-30(22-37(35)55(44)24-25)54-15-12-28(13-16-54)42(59)52(3)14-11-27-19-33(45)39(34(46)20-27)31-8-10-38(56)50-41(31)58/h7,9,18-23,25,28,31H,5-6,8,10-17,24H2,1-4H3,(H,49,51,57)(H,50,56,58)/t25-,31-/m1/s1. The summed E-state index contributed by atoms with van der Waals surface area (Å²) in [4.78, 5) is 66.4. The van der Waals surface area contributed by atoms with Gasteiger partial charge in [-0.3, -0.25) is 29.5 Å². The van der Waals surface area contributed by atoms with E-state index in [2.05, 4.69) is 48.5 Å². The number of aromatic nitrogens is 3. The molecule has 6 heterocycles. The van der Waals surface area contributed by atoms with Crippen molar-refractivity contribution in [3.63, 3.8) is 0 Å². The quantitative estimate of drug-likeness (QED) is 0.230. The maximum atomic E-state index is 15.1. The number of ether oxygens (including phenoxy) is 1. The number of fused-ring (bicyclic) bond motifs is 7. The van der Waals surface area contributed by atoms with E-state index in [4.69, 9.17) is 4.74 Å². The molecule has 4 amide bonds. The number of hydrogen-bond donors (Lipinski definition) is 2. The molecule has 2 aromatic heterocycles. The fourth-order valence-electron chi connectivity index (χ4n) is 8.67. The Morgan fingerprint density at radius 3 is 2.52 bits per heavy atom. The lowest BCUT2D eigenvalue weighted by atomic mass is 9.89. The molecular weight excluding hydrogens is 773 g/mol. The summed E-state index contributed by atoms with van der Waals surface area (Å²) in [6.07, 6.45) is 4.99. The smallest absolute Gasteiger partial charge is 0.280 e. The summed E-state index contributed by atoms with van der Waals surface area (Å²) in [5, 5.41) is 9.94. The summed E-state index contributed by atoms with van der Waals surface area (Å²) in [6.45, 7) is 6.74. The minimum Gasteiger partial charge on any atom is -0.477 e. The Morgan fingerprint density at radius 2 is 1.77 bits per heavy atom. The van der Waals surface area contributed by atoms with Crippen molar-refractivity contribution in [2.75, 3.05) is 55.0 Å². The predicted octanol–water partition coefficient (Wildman–Crippen LogP) is 5.74. The molecule has 2 N–H and O–H groups in total. The highest BCUT2D eigenvalue weighted by molar-refractivity contribution is 6.19. The molecule has 8 rings (SSSR count). The zero-order chi connectivity index (χ0) is 42.2. The molecule has 4 aliphatic heterocycles. The average molecular weight is 822 g/mol. The highest BCUT2D eigenvalue weighted by Gasteiger charge is 2.34. The minimum atomic E-state index is -1.06. The Morgan fingerprint density at radius 1 is 1.00 bits per heavy atom. The molecule has 0 aliphatic carbocycles.